The standard InChI is InChI=1S/C12H24BN5O2.ClH/c14-11(8-4-5-9-13(19)20)12-15-16-17-18(12)10-6-2-1-3-7-10;/h10-11,19-20H,1-9,14H2;1H. The zero-order chi connectivity index (χ0) is 14.4. The zero-order valence-electron chi connectivity index (χ0n) is 12.3. The second-order valence-electron chi connectivity index (χ2n) is 5.65. The van der Waals surface area contributed by atoms with E-state index in [9.17, 15) is 0 Å². The molecule has 0 spiro atoms. The van der Waals surface area contributed by atoms with E-state index in [1.54, 1.807) is 0 Å². The Labute approximate surface area is 131 Å². The molecule has 1 fully saturated rings. The van der Waals surface area contributed by atoms with Gasteiger partial charge in [-0.05, 0) is 36.0 Å². The van der Waals surface area contributed by atoms with Crippen LogP contribution in [-0.2, 0) is 0 Å². The van der Waals surface area contributed by atoms with Crippen molar-refractivity contribution in [1.82, 2.24) is 20.2 Å². The topological polar surface area (TPSA) is 110 Å². The Hall–Kier alpha value is -0.695. The van der Waals surface area contributed by atoms with E-state index in [2.05, 4.69) is 15.5 Å². The van der Waals surface area contributed by atoms with Gasteiger partial charge in [-0.15, -0.1) is 17.5 Å². The molecule has 7 nitrogen and oxygen atoms in total. The summed E-state index contributed by atoms with van der Waals surface area (Å²) >= 11 is 0. The van der Waals surface area contributed by atoms with E-state index in [1.807, 2.05) is 4.68 Å². The summed E-state index contributed by atoms with van der Waals surface area (Å²) in [7, 11) is -1.22. The number of nitrogens with zero attached hydrogens (tertiary/aromatic N) is 4. The highest BCUT2D eigenvalue weighted by Crippen LogP contribution is 2.29. The number of rotatable bonds is 7. The maximum Gasteiger partial charge on any atom is 0.451 e. The van der Waals surface area contributed by atoms with Crippen LogP contribution >= 0.6 is 12.4 Å². The highest BCUT2D eigenvalue weighted by Gasteiger charge is 2.23. The molecule has 0 aromatic carbocycles. The van der Waals surface area contributed by atoms with Gasteiger partial charge in [0, 0.05) is 0 Å². The lowest BCUT2D eigenvalue weighted by Crippen LogP contribution is -2.22. The van der Waals surface area contributed by atoms with Gasteiger partial charge >= 0.3 is 7.12 Å². The van der Waals surface area contributed by atoms with Gasteiger partial charge in [-0.3, -0.25) is 0 Å². The molecule has 1 unspecified atom stereocenters. The van der Waals surface area contributed by atoms with Crippen molar-refractivity contribution >= 4 is 19.5 Å². The third kappa shape index (κ3) is 5.54. The Morgan fingerprint density at radius 3 is 2.62 bits per heavy atom. The molecule has 0 bridgehead atoms. The molecule has 1 aliphatic rings. The lowest BCUT2D eigenvalue weighted by Gasteiger charge is -2.23. The van der Waals surface area contributed by atoms with Crippen LogP contribution in [0.4, 0.5) is 0 Å². The summed E-state index contributed by atoms with van der Waals surface area (Å²) in [6.45, 7) is 0. The minimum Gasteiger partial charge on any atom is -0.427 e. The Morgan fingerprint density at radius 2 is 1.95 bits per heavy atom. The molecular formula is C12H25BClN5O2. The monoisotopic (exact) mass is 317 g/mol. The molecule has 21 heavy (non-hydrogen) atoms. The molecule has 4 N–H and O–H groups in total. The maximum absolute atomic E-state index is 8.80. The Kier molecular flexibility index (Phi) is 8.17. The highest BCUT2D eigenvalue weighted by atomic mass is 35.5. The number of halogens is 1. The van der Waals surface area contributed by atoms with E-state index in [-0.39, 0.29) is 18.4 Å². The average Bonchev–Trinajstić information content (AvgIpc) is 2.93. The van der Waals surface area contributed by atoms with Crippen LogP contribution in [0.25, 0.3) is 0 Å². The third-order valence-electron chi connectivity index (χ3n) is 4.00. The van der Waals surface area contributed by atoms with Gasteiger partial charge < -0.3 is 15.8 Å². The van der Waals surface area contributed by atoms with E-state index < -0.39 is 7.12 Å². The highest BCUT2D eigenvalue weighted by molar-refractivity contribution is 6.40. The first-order valence-electron chi connectivity index (χ1n) is 7.58. The summed E-state index contributed by atoms with van der Waals surface area (Å²) in [6.07, 6.45) is 8.75. The second kappa shape index (κ2) is 9.35. The van der Waals surface area contributed by atoms with Crippen LogP contribution in [0, 0.1) is 0 Å². The number of tetrazole rings is 1. The van der Waals surface area contributed by atoms with E-state index >= 15 is 0 Å². The lowest BCUT2D eigenvalue weighted by atomic mass is 9.83. The van der Waals surface area contributed by atoms with Crippen molar-refractivity contribution in [3.8, 4) is 0 Å². The van der Waals surface area contributed by atoms with Crippen LogP contribution in [-0.4, -0.2) is 37.4 Å². The van der Waals surface area contributed by atoms with Gasteiger partial charge in [-0.25, -0.2) is 4.68 Å². The van der Waals surface area contributed by atoms with Crippen LogP contribution < -0.4 is 5.73 Å². The van der Waals surface area contributed by atoms with Gasteiger partial charge in [0.1, 0.15) is 0 Å². The minimum atomic E-state index is -1.22. The number of aromatic nitrogens is 4. The van der Waals surface area contributed by atoms with Crippen LogP contribution in [0.15, 0.2) is 0 Å². The van der Waals surface area contributed by atoms with Gasteiger partial charge in [0.2, 0.25) is 0 Å². The fraction of sp³-hybridized carbons (Fsp3) is 0.917. The molecule has 0 aliphatic heterocycles. The Balaban J connectivity index is 0.00000220. The van der Waals surface area contributed by atoms with Crippen LogP contribution in [0.3, 0.4) is 0 Å². The van der Waals surface area contributed by atoms with Crippen molar-refractivity contribution in [2.75, 3.05) is 0 Å². The number of nitrogens with two attached hydrogens (primary N) is 1. The lowest BCUT2D eigenvalue weighted by molar-refractivity contribution is 0.310. The van der Waals surface area contributed by atoms with Crippen molar-refractivity contribution in [3.05, 3.63) is 5.82 Å². The Bertz CT molecular complexity index is 401. The van der Waals surface area contributed by atoms with Crippen LogP contribution in [0.5, 0.6) is 0 Å². The van der Waals surface area contributed by atoms with Gasteiger partial charge in [0.25, 0.3) is 0 Å². The molecule has 2 rings (SSSR count). The first-order chi connectivity index (χ1) is 9.68. The van der Waals surface area contributed by atoms with Gasteiger partial charge in [-0.2, -0.15) is 0 Å². The molecule has 120 valence electrons. The van der Waals surface area contributed by atoms with E-state index in [0.717, 1.165) is 37.9 Å². The predicted molar refractivity (Wildman–Crippen MR) is 83.0 cm³/mol. The van der Waals surface area contributed by atoms with Crippen molar-refractivity contribution in [2.45, 2.75) is 69.8 Å². The van der Waals surface area contributed by atoms with Crippen molar-refractivity contribution in [1.29, 1.82) is 0 Å². The molecule has 1 saturated carbocycles. The van der Waals surface area contributed by atoms with E-state index in [0.29, 0.717) is 12.4 Å². The number of unbranched alkanes of at least 4 members (excludes halogenated alkanes) is 1. The van der Waals surface area contributed by atoms with Crippen molar-refractivity contribution in [2.24, 2.45) is 5.73 Å². The van der Waals surface area contributed by atoms with Gasteiger partial charge in [0.05, 0.1) is 12.1 Å². The molecule has 1 aromatic heterocycles. The number of hydrogen-bond donors (Lipinski definition) is 3. The molecule has 0 radical (unpaired) electrons. The smallest absolute Gasteiger partial charge is 0.427 e. The maximum atomic E-state index is 8.80. The molecule has 1 aromatic rings. The molecule has 1 aliphatic carbocycles. The normalized spacial score (nSPS) is 17.3. The molecule has 0 amide bonds. The largest absolute Gasteiger partial charge is 0.451 e. The molecule has 9 heteroatoms. The number of hydrogen-bond acceptors (Lipinski definition) is 6. The van der Waals surface area contributed by atoms with Crippen LogP contribution in [0.2, 0.25) is 6.32 Å². The molecule has 1 heterocycles. The zero-order valence-corrected chi connectivity index (χ0v) is 13.1. The summed E-state index contributed by atoms with van der Waals surface area (Å²) in [5.41, 5.74) is 6.18. The fourth-order valence-electron chi connectivity index (χ4n) is 2.85. The molecule has 0 saturated heterocycles. The average molecular weight is 318 g/mol. The first kappa shape index (κ1) is 18.4. The minimum absolute atomic E-state index is 0. The predicted octanol–water partition coefficient (Wildman–Crippen LogP) is 1.24. The second-order valence-corrected chi connectivity index (χ2v) is 5.65. The summed E-state index contributed by atoms with van der Waals surface area (Å²) < 4.78 is 1.91. The van der Waals surface area contributed by atoms with Gasteiger partial charge in [-0.1, -0.05) is 32.1 Å². The summed E-state index contributed by atoms with van der Waals surface area (Å²) in [5, 5.41) is 29.6. The summed E-state index contributed by atoms with van der Waals surface area (Å²) in [6, 6.07) is 0.210. The summed E-state index contributed by atoms with van der Waals surface area (Å²) in [5.74, 6) is 0.765. The first-order valence-corrected chi connectivity index (χ1v) is 7.58. The van der Waals surface area contributed by atoms with Crippen molar-refractivity contribution in [3.63, 3.8) is 0 Å². The molecule has 1 atom stereocenters. The van der Waals surface area contributed by atoms with Crippen LogP contribution in [0.1, 0.15) is 69.3 Å². The summed E-state index contributed by atoms with van der Waals surface area (Å²) in [4.78, 5) is 0. The van der Waals surface area contributed by atoms with Crippen molar-refractivity contribution < 1.29 is 10.0 Å². The quantitative estimate of drug-likeness (QED) is 0.515. The molecular weight excluding hydrogens is 292 g/mol. The van der Waals surface area contributed by atoms with Gasteiger partial charge in [0.15, 0.2) is 5.82 Å². The fourth-order valence-corrected chi connectivity index (χ4v) is 2.85. The third-order valence-corrected chi connectivity index (χ3v) is 4.00. The van der Waals surface area contributed by atoms with E-state index in [1.165, 1.54) is 19.3 Å². The Morgan fingerprint density at radius 1 is 1.24 bits per heavy atom. The SMILES string of the molecule is Cl.NC(CCCCB(O)O)c1nnnn1C1CCCCC1. The van der Waals surface area contributed by atoms with E-state index in [4.69, 9.17) is 15.8 Å².